The number of hydrogen-bond acceptors (Lipinski definition) is 5. The summed E-state index contributed by atoms with van der Waals surface area (Å²) in [6.45, 7) is 2.17. The predicted octanol–water partition coefficient (Wildman–Crippen LogP) is 4.07. The number of carbonyl (C=O) groups is 1. The number of aromatic nitrogens is 1. The van der Waals surface area contributed by atoms with Crippen LogP contribution in [0.2, 0.25) is 0 Å². The lowest BCUT2D eigenvalue weighted by atomic mass is 9.74. The molecule has 3 aromatic rings. The summed E-state index contributed by atoms with van der Waals surface area (Å²) < 4.78 is 74.4. The molecule has 0 bridgehead atoms. The topological polar surface area (TPSA) is 92.4 Å². The van der Waals surface area contributed by atoms with E-state index in [1.54, 1.807) is 0 Å². The summed E-state index contributed by atoms with van der Waals surface area (Å²) in [5.41, 5.74) is -7.58. The average molecular weight is 456 g/mol. The van der Waals surface area contributed by atoms with Gasteiger partial charge in [-0.25, -0.2) is 13.6 Å². The van der Waals surface area contributed by atoms with Crippen LogP contribution in [0.4, 0.5) is 27.6 Å². The minimum absolute atomic E-state index is 0.0697. The highest BCUT2D eigenvalue weighted by Gasteiger charge is 2.61. The Morgan fingerprint density at radius 1 is 1.12 bits per heavy atom. The van der Waals surface area contributed by atoms with Gasteiger partial charge in [0.2, 0.25) is 5.60 Å². The lowest BCUT2D eigenvalue weighted by molar-refractivity contribution is -0.254. The van der Waals surface area contributed by atoms with Crippen molar-refractivity contribution in [2.24, 2.45) is 0 Å². The Morgan fingerprint density at radius 3 is 2.34 bits per heavy atom. The van der Waals surface area contributed by atoms with E-state index < -0.39 is 52.3 Å². The normalized spacial score (nSPS) is 14.2. The molecular weight excluding hydrogens is 439 g/mol. The summed E-state index contributed by atoms with van der Waals surface area (Å²) in [5.74, 6) is -4.08. The first-order chi connectivity index (χ1) is 14.8. The number of alkyl halides is 3. The fourth-order valence-electron chi connectivity index (χ4n) is 3.53. The SMILES string of the molecule is CC(C)(CC(O)(C(=O)Nc1ccc2c(=O)oncc2c1)C(F)(F)F)c1c(F)cccc1F. The molecule has 1 atom stereocenters. The van der Waals surface area contributed by atoms with Crippen LogP contribution >= 0.6 is 0 Å². The number of nitrogens with one attached hydrogen (secondary N) is 1. The molecule has 1 aromatic heterocycles. The zero-order valence-corrected chi connectivity index (χ0v) is 16.8. The lowest BCUT2D eigenvalue weighted by Crippen LogP contribution is -2.57. The van der Waals surface area contributed by atoms with Crippen LogP contribution in [0, 0.1) is 11.6 Å². The number of carbonyl (C=O) groups excluding carboxylic acids is 1. The summed E-state index contributed by atoms with van der Waals surface area (Å²) in [5, 5.41) is 16.0. The van der Waals surface area contributed by atoms with E-state index >= 15 is 0 Å². The largest absolute Gasteiger partial charge is 0.426 e. The van der Waals surface area contributed by atoms with Gasteiger partial charge in [0.1, 0.15) is 11.6 Å². The number of anilines is 1. The molecule has 1 amide bonds. The quantitative estimate of drug-likeness (QED) is 0.565. The van der Waals surface area contributed by atoms with Crippen molar-refractivity contribution in [3.63, 3.8) is 0 Å². The van der Waals surface area contributed by atoms with Gasteiger partial charge in [-0.1, -0.05) is 25.1 Å². The predicted molar refractivity (Wildman–Crippen MR) is 104 cm³/mol. The van der Waals surface area contributed by atoms with Gasteiger partial charge in [0.15, 0.2) is 0 Å². The maximum Gasteiger partial charge on any atom is 0.426 e. The van der Waals surface area contributed by atoms with Gasteiger partial charge < -0.3 is 14.9 Å². The van der Waals surface area contributed by atoms with Crippen molar-refractivity contribution in [3.8, 4) is 0 Å². The lowest BCUT2D eigenvalue weighted by Gasteiger charge is -2.36. The zero-order chi connectivity index (χ0) is 23.9. The molecule has 1 unspecified atom stereocenters. The molecule has 0 aliphatic carbocycles. The van der Waals surface area contributed by atoms with E-state index in [9.17, 15) is 36.6 Å². The van der Waals surface area contributed by atoms with Gasteiger partial charge >= 0.3 is 11.8 Å². The van der Waals surface area contributed by atoms with Crippen LogP contribution in [-0.4, -0.2) is 27.9 Å². The second-order valence-electron chi connectivity index (χ2n) is 7.88. The highest BCUT2D eigenvalue weighted by molar-refractivity contribution is 5.99. The first kappa shape index (κ1) is 23.3. The summed E-state index contributed by atoms with van der Waals surface area (Å²) in [6, 6.07) is 6.27. The van der Waals surface area contributed by atoms with Gasteiger partial charge in [-0.3, -0.25) is 4.79 Å². The van der Waals surface area contributed by atoms with Crippen molar-refractivity contribution < 1.29 is 36.4 Å². The van der Waals surface area contributed by atoms with Gasteiger partial charge in [0, 0.05) is 23.1 Å². The van der Waals surface area contributed by atoms with Crippen LogP contribution in [0.15, 0.2) is 51.9 Å². The van der Waals surface area contributed by atoms with Crippen molar-refractivity contribution in [2.75, 3.05) is 5.32 Å². The summed E-state index contributed by atoms with van der Waals surface area (Å²) in [4.78, 5) is 24.2. The van der Waals surface area contributed by atoms with Crippen LogP contribution in [0.25, 0.3) is 10.8 Å². The molecule has 3 rings (SSSR count). The Kier molecular flexibility index (Phi) is 5.81. The number of halogens is 5. The second kappa shape index (κ2) is 7.97. The number of aliphatic hydroxyl groups is 1. The van der Waals surface area contributed by atoms with E-state index in [0.29, 0.717) is 0 Å². The minimum Gasteiger partial charge on any atom is -0.373 e. The third kappa shape index (κ3) is 4.20. The Bertz CT molecular complexity index is 1220. The van der Waals surface area contributed by atoms with E-state index in [-0.39, 0.29) is 16.5 Å². The van der Waals surface area contributed by atoms with Crippen LogP contribution in [-0.2, 0) is 10.2 Å². The summed E-state index contributed by atoms with van der Waals surface area (Å²) in [7, 11) is 0. The van der Waals surface area contributed by atoms with Gasteiger partial charge in [-0.15, -0.1) is 0 Å². The molecule has 1 heterocycles. The van der Waals surface area contributed by atoms with E-state index in [2.05, 4.69) is 9.68 Å². The number of hydrogen-bond donors (Lipinski definition) is 2. The molecule has 0 spiro atoms. The molecule has 11 heteroatoms. The molecule has 6 nitrogen and oxygen atoms in total. The van der Waals surface area contributed by atoms with Crippen molar-refractivity contribution in [1.29, 1.82) is 0 Å². The number of amides is 1. The molecule has 2 aromatic carbocycles. The van der Waals surface area contributed by atoms with Crippen LogP contribution < -0.4 is 10.9 Å². The van der Waals surface area contributed by atoms with E-state index in [1.807, 2.05) is 5.32 Å². The van der Waals surface area contributed by atoms with Crippen LogP contribution in [0.3, 0.4) is 0 Å². The maximum atomic E-state index is 14.2. The van der Waals surface area contributed by atoms with Crippen molar-refractivity contribution in [1.82, 2.24) is 5.16 Å². The Balaban J connectivity index is 1.98. The number of rotatable bonds is 5. The average Bonchev–Trinajstić information content (AvgIpc) is 2.66. The highest BCUT2D eigenvalue weighted by atomic mass is 19.4. The Hall–Kier alpha value is -3.34. The second-order valence-corrected chi connectivity index (χ2v) is 7.88. The van der Waals surface area contributed by atoms with Crippen molar-refractivity contribution >= 4 is 22.4 Å². The number of fused-ring (bicyclic) bond motifs is 1. The van der Waals surface area contributed by atoms with E-state index in [1.165, 1.54) is 6.07 Å². The first-order valence-electron chi connectivity index (χ1n) is 9.20. The van der Waals surface area contributed by atoms with Crippen molar-refractivity contribution in [3.05, 3.63) is 70.2 Å². The third-order valence-corrected chi connectivity index (χ3v) is 5.04. The van der Waals surface area contributed by atoms with Gasteiger partial charge in [0.25, 0.3) is 5.91 Å². The Labute approximate surface area is 177 Å². The van der Waals surface area contributed by atoms with Gasteiger partial charge in [-0.2, -0.15) is 13.2 Å². The minimum atomic E-state index is -5.48. The monoisotopic (exact) mass is 456 g/mol. The fourth-order valence-corrected chi connectivity index (χ4v) is 3.53. The standard InChI is InChI=1S/C21H17F5N2O4/c1-19(2,16-14(22)4-3-5-15(16)23)10-20(31,21(24,25)26)18(30)28-12-6-7-13-11(8-12)9-27-32-17(13)29/h3-9,31H,10H2,1-2H3,(H,28,30). The van der Waals surface area contributed by atoms with E-state index in [0.717, 1.165) is 50.4 Å². The molecule has 32 heavy (non-hydrogen) atoms. The Morgan fingerprint density at radius 2 is 1.75 bits per heavy atom. The van der Waals surface area contributed by atoms with Crippen LogP contribution in [0.1, 0.15) is 25.8 Å². The summed E-state index contributed by atoms with van der Waals surface area (Å²) in [6.07, 6.45) is -5.73. The smallest absolute Gasteiger partial charge is 0.373 e. The molecule has 0 aliphatic rings. The van der Waals surface area contributed by atoms with Gasteiger partial charge in [0.05, 0.1) is 11.6 Å². The zero-order valence-electron chi connectivity index (χ0n) is 16.8. The molecule has 0 fully saturated rings. The molecule has 0 saturated heterocycles. The maximum absolute atomic E-state index is 14.2. The molecule has 0 radical (unpaired) electrons. The number of benzene rings is 2. The molecule has 2 N–H and O–H groups in total. The summed E-state index contributed by atoms with van der Waals surface area (Å²) >= 11 is 0. The van der Waals surface area contributed by atoms with E-state index in [4.69, 9.17) is 0 Å². The molecule has 0 saturated carbocycles. The number of nitrogens with zero attached hydrogens (tertiary/aromatic N) is 1. The van der Waals surface area contributed by atoms with Crippen molar-refractivity contribution in [2.45, 2.75) is 37.5 Å². The van der Waals surface area contributed by atoms with Gasteiger partial charge in [-0.05, 0) is 35.7 Å². The fraction of sp³-hybridized carbons (Fsp3) is 0.286. The highest BCUT2D eigenvalue weighted by Crippen LogP contribution is 2.43. The first-order valence-corrected chi connectivity index (χ1v) is 9.20. The molecule has 170 valence electrons. The molecule has 0 aliphatic heterocycles. The third-order valence-electron chi connectivity index (χ3n) is 5.04. The molecular formula is C21H17F5N2O4. The van der Waals surface area contributed by atoms with Crippen LogP contribution in [0.5, 0.6) is 0 Å².